The van der Waals surface area contributed by atoms with Gasteiger partial charge in [0.15, 0.2) is 5.78 Å². The second-order valence-corrected chi connectivity index (χ2v) is 5.64. The van der Waals surface area contributed by atoms with Gasteiger partial charge in [-0.15, -0.1) is 0 Å². The van der Waals surface area contributed by atoms with Gasteiger partial charge in [0, 0.05) is 23.8 Å². The Kier molecular flexibility index (Phi) is 5.37. The summed E-state index contributed by atoms with van der Waals surface area (Å²) < 4.78 is 0. The summed E-state index contributed by atoms with van der Waals surface area (Å²) in [5, 5.41) is 3.14. The van der Waals surface area contributed by atoms with Gasteiger partial charge in [-0.25, -0.2) is 0 Å². The number of hydrogen-bond donors (Lipinski definition) is 1. The molecule has 1 aromatic rings. The minimum atomic E-state index is 0.0343. The third kappa shape index (κ3) is 4.06. The molecule has 1 fully saturated rings. The summed E-state index contributed by atoms with van der Waals surface area (Å²) in [6, 6.07) is 7.68. The Morgan fingerprint density at radius 2 is 2.14 bits per heavy atom. The van der Waals surface area contributed by atoms with Crippen molar-refractivity contribution in [2.75, 3.05) is 18.4 Å². The van der Waals surface area contributed by atoms with Crippen LogP contribution in [0.25, 0.3) is 0 Å². The van der Waals surface area contributed by atoms with E-state index in [1.807, 2.05) is 17.0 Å². The molecule has 4 nitrogen and oxygen atoms in total. The van der Waals surface area contributed by atoms with E-state index in [2.05, 4.69) is 12.2 Å². The highest BCUT2D eigenvalue weighted by atomic mass is 16.2. The molecule has 1 aliphatic rings. The van der Waals surface area contributed by atoms with Gasteiger partial charge in [0.05, 0.1) is 6.54 Å². The number of likely N-dealkylation sites (tertiary alicyclic amines) is 1. The van der Waals surface area contributed by atoms with E-state index in [-0.39, 0.29) is 18.2 Å². The van der Waals surface area contributed by atoms with E-state index in [0.29, 0.717) is 11.6 Å². The summed E-state index contributed by atoms with van der Waals surface area (Å²) in [4.78, 5) is 25.7. The number of ketones is 1. The van der Waals surface area contributed by atoms with Crippen molar-refractivity contribution < 1.29 is 9.59 Å². The Bertz CT molecular complexity index is 513. The van der Waals surface area contributed by atoms with Gasteiger partial charge in [0.25, 0.3) is 0 Å². The van der Waals surface area contributed by atoms with Crippen LogP contribution in [0.4, 0.5) is 5.69 Å². The molecule has 0 radical (unpaired) electrons. The molecule has 0 spiro atoms. The van der Waals surface area contributed by atoms with Gasteiger partial charge in [-0.3, -0.25) is 9.59 Å². The highest BCUT2D eigenvalue weighted by Crippen LogP contribution is 2.19. The lowest BCUT2D eigenvalue weighted by Gasteiger charge is -2.35. The van der Waals surface area contributed by atoms with Gasteiger partial charge in [0.2, 0.25) is 5.91 Å². The fourth-order valence-corrected chi connectivity index (χ4v) is 2.88. The van der Waals surface area contributed by atoms with E-state index < -0.39 is 0 Å². The predicted molar refractivity (Wildman–Crippen MR) is 84.6 cm³/mol. The smallest absolute Gasteiger partial charge is 0.242 e. The molecular formula is C17H24N2O2. The van der Waals surface area contributed by atoms with Crippen molar-refractivity contribution in [3.8, 4) is 0 Å². The SMILES string of the molecule is CCC1CCCCN1C(=O)CNc1cccc(C(C)=O)c1. The van der Waals surface area contributed by atoms with Gasteiger partial charge < -0.3 is 10.2 Å². The maximum atomic E-state index is 12.4. The lowest BCUT2D eigenvalue weighted by atomic mass is 10.00. The van der Waals surface area contributed by atoms with E-state index in [0.717, 1.165) is 31.5 Å². The molecule has 1 heterocycles. The van der Waals surface area contributed by atoms with Gasteiger partial charge in [0.1, 0.15) is 0 Å². The molecule has 1 aromatic carbocycles. The van der Waals surface area contributed by atoms with Crippen molar-refractivity contribution in [1.82, 2.24) is 4.90 Å². The third-order valence-corrected chi connectivity index (χ3v) is 4.13. The number of amides is 1. The van der Waals surface area contributed by atoms with E-state index in [1.165, 1.54) is 6.42 Å². The number of carbonyl (C=O) groups excluding carboxylic acids is 2. The molecule has 1 aliphatic heterocycles. The van der Waals surface area contributed by atoms with Gasteiger partial charge in [-0.2, -0.15) is 0 Å². The lowest BCUT2D eigenvalue weighted by molar-refractivity contribution is -0.133. The van der Waals surface area contributed by atoms with E-state index >= 15 is 0 Å². The first-order valence-corrected chi connectivity index (χ1v) is 7.76. The summed E-state index contributed by atoms with van der Waals surface area (Å²) in [6.45, 7) is 4.84. The number of nitrogens with zero attached hydrogens (tertiary/aromatic N) is 1. The molecule has 1 unspecified atom stereocenters. The maximum Gasteiger partial charge on any atom is 0.242 e. The predicted octanol–water partition coefficient (Wildman–Crippen LogP) is 3.09. The normalized spacial score (nSPS) is 18.4. The largest absolute Gasteiger partial charge is 0.376 e. The highest BCUT2D eigenvalue weighted by molar-refractivity contribution is 5.95. The van der Waals surface area contributed by atoms with Crippen molar-refractivity contribution in [1.29, 1.82) is 0 Å². The molecule has 0 aromatic heterocycles. The quantitative estimate of drug-likeness (QED) is 0.847. The van der Waals surface area contributed by atoms with E-state index in [1.54, 1.807) is 19.1 Å². The van der Waals surface area contributed by atoms with Crippen LogP contribution in [0.15, 0.2) is 24.3 Å². The minimum absolute atomic E-state index is 0.0343. The molecule has 0 saturated carbocycles. The first-order chi connectivity index (χ1) is 10.1. The second-order valence-electron chi connectivity index (χ2n) is 5.64. The molecule has 114 valence electrons. The molecule has 21 heavy (non-hydrogen) atoms. The monoisotopic (exact) mass is 288 g/mol. The Morgan fingerprint density at radius 3 is 2.86 bits per heavy atom. The lowest BCUT2D eigenvalue weighted by Crippen LogP contribution is -2.45. The van der Waals surface area contributed by atoms with Crippen LogP contribution in [0.3, 0.4) is 0 Å². The number of nitrogens with one attached hydrogen (secondary N) is 1. The fraction of sp³-hybridized carbons (Fsp3) is 0.529. The zero-order valence-electron chi connectivity index (χ0n) is 12.9. The molecule has 0 aliphatic carbocycles. The topological polar surface area (TPSA) is 49.4 Å². The van der Waals surface area contributed by atoms with Gasteiger partial charge >= 0.3 is 0 Å². The molecule has 2 rings (SSSR count). The molecule has 1 amide bonds. The third-order valence-electron chi connectivity index (χ3n) is 4.13. The standard InChI is InChI=1S/C17H24N2O2/c1-3-16-9-4-5-10-19(16)17(21)12-18-15-8-6-7-14(11-15)13(2)20/h6-8,11,16,18H,3-5,9-10,12H2,1-2H3. The van der Waals surface area contributed by atoms with Crippen molar-refractivity contribution in [2.45, 2.75) is 45.6 Å². The number of Topliss-reactive ketones (excluding diaryl/α,β-unsaturated/α-hetero) is 1. The molecule has 1 N–H and O–H groups in total. The van der Waals surface area contributed by atoms with E-state index in [4.69, 9.17) is 0 Å². The maximum absolute atomic E-state index is 12.4. The summed E-state index contributed by atoms with van der Waals surface area (Å²) in [5.41, 5.74) is 1.48. The van der Waals surface area contributed by atoms with Crippen LogP contribution in [-0.4, -0.2) is 35.7 Å². The average molecular weight is 288 g/mol. The van der Waals surface area contributed by atoms with Crippen LogP contribution < -0.4 is 5.32 Å². The summed E-state index contributed by atoms with van der Waals surface area (Å²) >= 11 is 0. The zero-order chi connectivity index (χ0) is 15.2. The number of piperidine rings is 1. The first-order valence-electron chi connectivity index (χ1n) is 7.76. The Labute approximate surface area is 126 Å². The van der Waals surface area contributed by atoms with Crippen LogP contribution in [0, 0.1) is 0 Å². The molecular weight excluding hydrogens is 264 g/mol. The minimum Gasteiger partial charge on any atom is -0.376 e. The van der Waals surface area contributed by atoms with Crippen LogP contribution in [0.1, 0.15) is 49.9 Å². The van der Waals surface area contributed by atoms with Crippen LogP contribution in [-0.2, 0) is 4.79 Å². The highest BCUT2D eigenvalue weighted by Gasteiger charge is 2.24. The number of rotatable bonds is 5. The van der Waals surface area contributed by atoms with Crippen molar-refractivity contribution in [3.63, 3.8) is 0 Å². The first kappa shape index (κ1) is 15.5. The summed E-state index contributed by atoms with van der Waals surface area (Å²) in [5.74, 6) is 0.182. The average Bonchev–Trinajstić information content (AvgIpc) is 2.52. The van der Waals surface area contributed by atoms with Crippen molar-refractivity contribution in [2.24, 2.45) is 0 Å². The van der Waals surface area contributed by atoms with E-state index in [9.17, 15) is 9.59 Å². The van der Waals surface area contributed by atoms with Crippen LogP contribution >= 0.6 is 0 Å². The molecule has 1 atom stereocenters. The second kappa shape index (κ2) is 7.25. The number of anilines is 1. The Hall–Kier alpha value is -1.84. The summed E-state index contributed by atoms with van der Waals surface area (Å²) in [6.07, 6.45) is 4.45. The fourth-order valence-electron chi connectivity index (χ4n) is 2.88. The zero-order valence-corrected chi connectivity index (χ0v) is 12.9. The van der Waals surface area contributed by atoms with Crippen LogP contribution in [0.2, 0.25) is 0 Å². The van der Waals surface area contributed by atoms with Crippen molar-refractivity contribution >= 4 is 17.4 Å². The van der Waals surface area contributed by atoms with Gasteiger partial charge in [-0.05, 0) is 44.7 Å². The van der Waals surface area contributed by atoms with Crippen molar-refractivity contribution in [3.05, 3.63) is 29.8 Å². The number of carbonyl (C=O) groups is 2. The van der Waals surface area contributed by atoms with Gasteiger partial charge in [-0.1, -0.05) is 19.1 Å². The molecule has 1 saturated heterocycles. The number of benzene rings is 1. The molecule has 0 bridgehead atoms. The Morgan fingerprint density at radius 1 is 1.33 bits per heavy atom. The number of hydrogen-bond acceptors (Lipinski definition) is 3. The van der Waals surface area contributed by atoms with Crippen LogP contribution in [0.5, 0.6) is 0 Å². The molecule has 4 heteroatoms. The summed E-state index contributed by atoms with van der Waals surface area (Å²) in [7, 11) is 0. The Balaban J connectivity index is 1.94.